The van der Waals surface area contributed by atoms with E-state index in [9.17, 15) is 16.8 Å². The second-order valence-electron chi connectivity index (χ2n) is 5.37. The van der Waals surface area contributed by atoms with Crippen LogP contribution in [0.25, 0.3) is 0 Å². The number of methoxy groups -OCH3 is 1. The number of thiophene rings is 1. The molecule has 2 aromatic carbocycles. The number of benzene rings is 2. The van der Waals surface area contributed by atoms with Crippen molar-refractivity contribution in [2.24, 2.45) is 0 Å². The minimum atomic E-state index is -3.94. The Bertz CT molecular complexity index is 1140. The third kappa shape index (κ3) is 4.41. The van der Waals surface area contributed by atoms with Gasteiger partial charge in [-0.1, -0.05) is 24.3 Å². The van der Waals surface area contributed by atoms with E-state index < -0.39 is 20.0 Å². The van der Waals surface area contributed by atoms with Gasteiger partial charge in [0, 0.05) is 0 Å². The number of anilines is 2. The molecule has 0 amide bonds. The number of hydrogen-bond acceptors (Lipinski definition) is 6. The molecule has 0 aliphatic heterocycles. The molecule has 142 valence electrons. The lowest BCUT2D eigenvalue weighted by Gasteiger charge is -2.13. The van der Waals surface area contributed by atoms with Crippen LogP contribution in [-0.2, 0) is 20.0 Å². The molecule has 0 saturated heterocycles. The molecule has 7 nitrogen and oxygen atoms in total. The minimum absolute atomic E-state index is 0.0835. The number of hydrogen-bond donors (Lipinski definition) is 2. The van der Waals surface area contributed by atoms with Gasteiger partial charge in [-0.3, -0.25) is 9.44 Å². The maximum absolute atomic E-state index is 12.7. The SMILES string of the molecule is COc1ccccc1NS(=O)(=O)c1cccc(NS(=O)(=O)c2cccs2)c1. The van der Waals surface area contributed by atoms with E-state index >= 15 is 0 Å². The molecule has 3 aromatic rings. The van der Waals surface area contributed by atoms with E-state index in [0.29, 0.717) is 5.75 Å². The van der Waals surface area contributed by atoms with Gasteiger partial charge in [0.1, 0.15) is 9.96 Å². The standard InChI is InChI=1S/C17H16N2O5S3/c1-24-16-9-3-2-8-15(16)19-26(20,21)14-7-4-6-13(12-14)18-27(22,23)17-10-5-11-25-17/h2-12,18-19H,1H3. The quantitative estimate of drug-likeness (QED) is 0.606. The zero-order chi connectivity index (χ0) is 19.5. The Morgan fingerprint density at radius 2 is 1.63 bits per heavy atom. The van der Waals surface area contributed by atoms with Crippen molar-refractivity contribution in [1.29, 1.82) is 0 Å². The van der Waals surface area contributed by atoms with Crippen LogP contribution in [0.5, 0.6) is 5.75 Å². The van der Waals surface area contributed by atoms with E-state index in [2.05, 4.69) is 9.44 Å². The van der Waals surface area contributed by atoms with Gasteiger partial charge in [-0.15, -0.1) is 11.3 Å². The zero-order valence-electron chi connectivity index (χ0n) is 14.1. The van der Waals surface area contributed by atoms with Gasteiger partial charge in [0.05, 0.1) is 23.4 Å². The fourth-order valence-corrected chi connectivity index (χ4v) is 5.44. The first-order valence-electron chi connectivity index (χ1n) is 7.64. The van der Waals surface area contributed by atoms with Crippen LogP contribution in [0.2, 0.25) is 0 Å². The molecule has 0 fully saturated rings. The zero-order valence-corrected chi connectivity index (χ0v) is 16.6. The lowest BCUT2D eigenvalue weighted by atomic mass is 10.3. The average Bonchev–Trinajstić information content (AvgIpc) is 3.17. The highest BCUT2D eigenvalue weighted by molar-refractivity contribution is 7.94. The number of para-hydroxylation sites is 2. The second-order valence-corrected chi connectivity index (χ2v) is 9.91. The van der Waals surface area contributed by atoms with Crippen LogP contribution in [0.3, 0.4) is 0 Å². The minimum Gasteiger partial charge on any atom is -0.495 e. The van der Waals surface area contributed by atoms with Crippen LogP contribution in [0, 0.1) is 0 Å². The first-order valence-corrected chi connectivity index (χ1v) is 11.5. The molecule has 0 radical (unpaired) electrons. The topological polar surface area (TPSA) is 102 Å². The molecule has 0 atom stereocenters. The van der Waals surface area contributed by atoms with Gasteiger partial charge in [-0.25, -0.2) is 16.8 Å². The van der Waals surface area contributed by atoms with Crippen LogP contribution in [-0.4, -0.2) is 23.9 Å². The summed E-state index contributed by atoms with van der Waals surface area (Å²) in [6, 6.07) is 15.2. The summed E-state index contributed by atoms with van der Waals surface area (Å²) in [4.78, 5) is -0.0835. The van der Waals surface area contributed by atoms with E-state index in [4.69, 9.17) is 4.74 Å². The molecule has 0 bridgehead atoms. The lowest BCUT2D eigenvalue weighted by molar-refractivity contribution is 0.417. The van der Waals surface area contributed by atoms with Crippen LogP contribution < -0.4 is 14.2 Å². The van der Waals surface area contributed by atoms with Crippen LogP contribution >= 0.6 is 11.3 Å². The molecule has 0 aliphatic rings. The van der Waals surface area contributed by atoms with Crippen LogP contribution in [0.15, 0.2) is 75.1 Å². The molecule has 3 rings (SSSR count). The summed E-state index contributed by atoms with van der Waals surface area (Å²) in [5, 5.41) is 1.65. The second kappa shape index (κ2) is 7.59. The number of sulfonamides is 2. The first-order chi connectivity index (χ1) is 12.8. The van der Waals surface area contributed by atoms with E-state index in [1.165, 1.54) is 37.4 Å². The summed E-state index contributed by atoms with van der Waals surface area (Å²) >= 11 is 1.07. The van der Waals surface area contributed by atoms with Gasteiger partial charge < -0.3 is 4.74 Å². The van der Waals surface area contributed by atoms with E-state index in [0.717, 1.165) is 11.3 Å². The van der Waals surface area contributed by atoms with Gasteiger partial charge in [0.15, 0.2) is 0 Å². The van der Waals surface area contributed by atoms with E-state index in [1.54, 1.807) is 35.7 Å². The highest BCUT2D eigenvalue weighted by atomic mass is 32.2. The predicted octanol–water partition coefficient (Wildman–Crippen LogP) is 3.36. The summed E-state index contributed by atoms with van der Waals surface area (Å²) in [6.07, 6.45) is 0. The fraction of sp³-hybridized carbons (Fsp3) is 0.0588. The van der Waals surface area contributed by atoms with Crippen molar-refractivity contribution in [2.45, 2.75) is 9.10 Å². The predicted molar refractivity (Wildman–Crippen MR) is 105 cm³/mol. The Hall–Kier alpha value is -2.56. The molecular weight excluding hydrogens is 408 g/mol. The molecule has 0 saturated carbocycles. The van der Waals surface area contributed by atoms with Gasteiger partial charge in [0.2, 0.25) is 0 Å². The smallest absolute Gasteiger partial charge is 0.271 e. The molecule has 10 heteroatoms. The summed E-state index contributed by atoms with van der Waals surface area (Å²) in [5.74, 6) is 0.371. The summed E-state index contributed by atoms with van der Waals surface area (Å²) in [7, 11) is -6.27. The molecule has 0 spiro atoms. The highest BCUT2D eigenvalue weighted by Gasteiger charge is 2.19. The Morgan fingerprint density at radius 1 is 0.852 bits per heavy atom. The third-order valence-corrected chi connectivity index (χ3v) is 7.65. The van der Waals surface area contributed by atoms with Crippen molar-refractivity contribution >= 4 is 42.8 Å². The van der Waals surface area contributed by atoms with Crippen molar-refractivity contribution in [2.75, 3.05) is 16.6 Å². The molecular formula is C17H16N2O5S3. The molecule has 27 heavy (non-hydrogen) atoms. The van der Waals surface area contributed by atoms with Crippen molar-refractivity contribution in [3.8, 4) is 5.75 Å². The van der Waals surface area contributed by atoms with Gasteiger partial charge in [-0.2, -0.15) is 0 Å². The highest BCUT2D eigenvalue weighted by Crippen LogP contribution is 2.27. The van der Waals surface area contributed by atoms with Crippen molar-refractivity contribution < 1.29 is 21.6 Å². The van der Waals surface area contributed by atoms with Gasteiger partial charge in [-0.05, 0) is 41.8 Å². The molecule has 2 N–H and O–H groups in total. The third-order valence-electron chi connectivity index (χ3n) is 3.51. The Morgan fingerprint density at radius 3 is 2.33 bits per heavy atom. The van der Waals surface area contributed by atoms with Gasteiger partial charge >= 0.3 is 0 Å². The Labute approximate surface area is 161 Å². The summed E-state index contributed by atoms with van der Waals surface area (Å²) in [5.41, 5.74) is 0.427. The molecule has 1 heterocycles. The van der Waals surface area contributed by atoms with Gasteiger partial charge in [0.25, 0.3) is 20.0 Å². The molecule has 0 unspecified atom stereocenters. The van der Waals surface area contributed by atoms with Crippen molar-refractivity contribution in [1.82, 2.24) is 0 Å². The van der Waals surface area contributed by atoms with Crippen molar-refractivity contribution in [3.63, 3.8) is 0 Å². The first kappa shape index (κ1) is 19.2. The molecule has 0 aliphatic carbocycles. The Balaban J connectivity index is 1.88. The van der Waals surface area contributed by atoms with E-state index in [1.807, 2.05) is 0 Å². The largest absolute Gasteiger partial charge is 0.495 e. The number of ether oxygens (including phenoxy) is 1. The van der Waals surface area contributed by atoms with Crippen LogP contribution in [0.1, 0.15) is 0 Å². The number of nitrogens with one attached hydrogen (secondary N) is 2. The summed E-state index contributed by atoms with van der Waals surface area (Å²) in [6.45, 7) is 0. The van der Waals surface area contributed by atoms with E-state index in [-0.39, 0.29) is 20.5 Å². The number of rotatable bonds is 7. The maximum Gasteiger partial charge on any atom is 0.271 e. The lowest BCUT2D eigenvalue weighted by Crippen LogP contribution is -2.15. The maximum atomic E-state index is 12.7. The Kier molecular flexibility index (Phi) is 5.40. The van der Waals surface area contributed by atoms with Crippen molar-refractivity contribution in [3.05, 3.63) is 66.0 Å². The molecule has 1 aromatic heterocycles. The summed E-state index contributed by atoms with van der Waals surface area (Å²) < 4.78 is 60.1. The normalized spacial score (nSPS) is 11.7. The average molecular weight is 425 g/mol. The fourth-order valence-electron chi connectivity index (χ4n) is 2.28. The van der Waals surface area contributed by atoms with Crippen LogP contribution in [0.4, 0.5) is 11.4 Å². The monoisotopic (exact) mass is 424 g/mol.